The van der Waals surface area contributed by atoms with Gasteiger partial charge >= 0.3 is 11.9 Å². The first-order valence-electron chi connectivity index (χ1n) is 11.3. The van der Waals surface area contributed by atoms with Crippen LogP contribution in [0.1, 0.15) is 27.1 Å². The lowest BCUT2D eigenvalue weighted by molar-refractivity contribution is -0.144. The molecule has 0 spiro atoms. The summed E-state index contributed by atoms with van der Waals surface area (Å²) >= 11 is 12.1. The van der Waals surface area contributed by atoms with Crippen molar-refractivity contribution in [3.05, 3.63) is 57.6 Å². The number of anilines is 2. The fraction of sp³-hybridized carbons (Fsp3) is 0.292. The van der Waals surface area contributed by atoms with E-state index >= 15 is 0 Å². The zero-order chi connectivity index (χ0) is 27.6. The Morgan fingerprint density at radius 1 is 0.868 bits per heavy atom. The van der Waals surface area contributed by atoms with Gasteiger partial charge in [0.05, 0.1) is 43.3 Å². The summed E-state index contributed by atoms with van der Waals surface area (Å²) in [6.45, 7) is 0. The molecule has 0 aromatic heterocycles. The lowest BCUT2D eigenvalue weighted by Gasteiger charge is -2.43. The molecular weight excluding hydrogens is 541 g/mol. The van der Waals surface area contributed by atoms with Gasteiger partial charge in [0.15, 0.2) is 6.29 Å². The highest BCUT2D eigenvalue weighted by Gasteiger charge is 2.48. The molecule has 0 aliphatic carbocycles. The summed E-state index contributed by atoms with van der Waals surface area (Å²) < 4.78 is 9.41. The van der Waals surface area contributed by atoms with Gasteiger partial charge in [-0.15, -0.1) is 0 Å². The fourth-order valence-electron chi connectivity index (χ4n) is 4.36. The number of carbonyl (C=O) groups is 5. The summed E-state index contributed by atoms with van der Waals surface area (Å²) in [5.41, 5.74) is 0.596. The van der Waals surface area contributed by atoms with Crippen LogP contribution in [0.25, 0.3) is 0 Å². The van der Waals surface area contributed by atoms with Crippen LogP contribution in [0.2, 0.25) is 10.0 Å². The van der Waals surface area contributed by atoms with E-state index in [2.05, 4.69) is 26.6 Å². The molecule has 0 radical (unpaired) electrons. The number of hydrogen-bond donors (Lipinski definition) is 5. The van der Waals surface area contributed by atoms with E-state index in [1.807, 2.05) is 0 Å². The lowest BCUT2D eigenvalue weighted by Crippen LogP contribution is -2.72. The maximum atomic E-state index is 13.3. The summed E-state index contributed by atoms with van der Waals surface area (Å²) in [5, 5.41) is 14.9. The smallest absolute Gasteiger partial charge is 0.337 e. The molecule has 2 aromatic carbocycles. The molecule has 2 aromatic rings. The van der Waals surface area contributed by atoms with Crippen molar-refractivity contribution in [3.8, 4) is 0 Å². The molecular formula is C24H23Cl2N5O7. The molecule has 0 saturated carbocycles. The summed E-state index contributed by atoms with van der Waals surface area (Å²) in [6, 6.07) is 8.65. The van der Waals surface area contributed by atoms with Crippen LogP contribution in [0, 0.1) is 11.8 Å². The molecule has 0 bridgehead atoms. The predicted molar refractivity (Wildman–Crippen MR) is 136 cm³/mol. The van der Waals surface area contributed by atoms with Crippen LogP contribution in [0.4, 0.5) is 11.4 Å². The number of halogens is 2. The maximum Gasteiger partial charge on any atom is 0.337 e. The molecule has 200 valence electrons. The summed E-state index contributed by atoms with van der Waals surface area (Å²) in [4.78, 5) is 63.0. The molecule has 2 aliphatic rings. The molecule has 3 amide bonds. The van der Waals surface area contributed by atoms with Gasteiger partial charge in [0.2, 0.25) is 17.7 Å². The monoisotopic (exact) mass is 563 g/mol. The number of esters is 2. The number of hydrogen-bond acceptors (Lipinski definition) is 9. The van der Waals surface area contributed by atoms with Crippen molar-refractivity contribution in [3.63, 3.8) is 0 Å². The number of nitrogens with one attached hydrogen (secondary N) is 5. The zero-order valence-corrected chi connectivity index (χ0v) is 21.6. The van der Waals surface area contributed by atoms with Crippen LogP contribution < -0.4 is 26.6 Å². The third kappa shape index (κ3) is 5.98. The van der Waals surface area contributed by atoms with Gasteiger partial charge < -0.3 is 30.7 Å². The lowest BCUT2D eigenvalue weighted by atomic mass is 9.81. The number of fused-ring (bicyclic) bond motifs is 1. The van der Waals surface area contributed by atoms with E-state index < -0.39 is 54.0 Å². The van der Waals surface area contributed by atoms with E-state index in [9.17, 15) is 24.0 Å². The van der Waals surface area contributed by atoms with Crippen LogP contribution in [0.15, 0.2) is 36.4 Å². The standard InChI is InChI=1S/C24H23Cl2N5O7/c1-37-22(35)10-3-11(23(36)38-2)5-14(4-10)27-20(33)16-9-17(32)29-19-18(16)21(34)31-24(30-19)28-15-7-12(25)6-13(26)8-15/h3-8,16,18-19,24,28,30H,9H2,1-2H3,(H,27,33)(H,29,32)(H,31,34). The molecule has 4 atom stereocenters. The second-order valence-corrected chi connectivity index (χ2v) is 9.44. The van der Waals surface area contributed by atoms with E-state index in [1.54, 1.807) is 18.2 Å². The van der Waals surface area contributed by atoms with Crippen LogP contribution in [0.5, 0.6) is 0 Å². The third-order valence-electron chi connectivity index (χ3n) is 6.00. The Labute approximate surface area is 226 Å². The Bertz CT molecular complexity index is 1270. The topological polar surface area (TPSA) is 164 Å². The normalized spacial score (nSPS) is 22.3. The first kappa shape index (κ1) is 27.2. The van der Waals surface area contributed by atoms with E-state index in [1.165, 1.54) is 32.4 Å². The van der Waals surface area contributed by atoms with Crippen LogP contribution >= 0.6 is 23.2 Å². The predicted octanol–water partition coefficient (Wildman–Crippen LogP) is 1.70. The van der Waals surface area contributed by atoms with Gasteiger partial charge in [-0.3, -0.25) is 19.7 Å². The Balaban J connectivity index is 1.53. The van der Waals surface area contributed by atoms with E-state index in [4.69, 9.17) is 32.7 Å². The number of ether oxygens (including phenoxy) is 2. The Morgan fingerprint density at radius 3 is 2.05 bits per heavy atom. The molecule has 12 nitrogen and oxygen atoms in total. The highest BCUT2D eigenvalue weighted by Crippen LogP contribution is 2.29. The van der Waals surface area contributed by atoms with Gasteiger partial charge in [0.25, 0.3) is 0 Å². The van der Waals surface area contributed by atoms with Gasteiger partial charge in [-0.25, -0.2) is 9.59 Å². The minimum Gasteiger partial charge on any atom is -0.465 e. The first-order chi connectivity index (χ1) is 18.1. The van der Waals surface area contributed by atoms with Crippen molar-refractivity contribution in [1.82, 2.24) is 16.0 Å². The van der Waals surface area contributed by atoms with Gasteiger partial charge in [0, 0.05) is 27.8 Å². The van der Waals surface area contributed by atoms with Crippen molar-refractivity contribution in [2.24, 2.45) is 11.8 Å². The van der Waals surface area contributed by atoms with Gasteiger partial charge in [-0.05, 0) is 36.4 Å². The number of benzene rings is 2. The number of piperidine rings is 1. The summed E-state index contributed by atoms with van der Waals surface area (Å²) in [5.74, 6) is -5.09. The van der Waals surface area contributed by atoms with E-state index in [-0.39, 0.29) is 23.2 Å². The molecule has 2 aliphatic heterocycles. The van der Waals surface area contributed by atoms with Gasteiger partial charge in [-0.2, -0.15) is 0 Å². The minimum atomic E-state index is -1.06. The summed E-state index contributed by atoms with van der Waals surface area (Å²) in [7, 11) is 2.34. The Morgan fingerprint density at radius 2 is 1.47 bits per heavy atom. The highest BCUT2D eigenvalue weighted by atomic mass is 35.5. The van der Waals surface area contributed by atoms with E-state index in [0.717, 1.165) is 0 Å². The number of amides is 3. The van der Waals surface area contributed by atoms with Crippen molar-refractivity contribution < 1.29 is 33.4 Å². The van der Waals surface area contributed by atoms with E-state index in [0.29, 0.717) is 15.7 Å². The molecule has 14 heteroatoms. The Hall–Kier alpha value is -3.87. The van der Waals surface area contributed by atoms with Crippen LogP contribution in [-0.4, -0.2) is 56.3 Å². The Kier molecular flexibility index (Phi) is 8.05. The second-order valence-electron chi connectivity index (χ2n) is 8.56. The van der Waals surface area contributed by atoms with Gasteiger partial charge in [-0.1, -0.05) is 23.2 Å². The average molecular weight is 564 g/mol. The van der Waals surface area contributed by atoms with Crippen molar-refractivity contribution in [2.75, 3.05) is 24.9 Å². The molecule has 5 N–H and O–H groups in total. The fourth-order valence-corrected chi connectivity index (χ4v) is 4.89. The zero-order valence-electron chi connectivity index (χ0n) is 20.1. The molecule has 4 rings (SSSR count). The second kappa shape index (κ2) is 11.3. The third-order valence-corrected chi connectivity index (χ3v) is 6.44. The summed E-state index contributed by atoms with van der Waals surface area (Å²) in [6.07, 6.45) is -1.94. The van der Waals surface area contributed by atoms with Crippen molar-refractivity contribution in [1.29, 1.82) is 0 Å². The average Bonchev–Trinajstić information content (AvgIpc) is 2.86. The molecule has 38 heavy (non-hydrogen) atoms. The van der Waals surface area contributed by atoms with Crippen LogP contribution in [-0.2, 0) is 23.9 Å². The minimum absolute atomic E-state index is 0.00271. The quantitative estimate of drug-likeness (QED) is 0.329. The molecule has 4 unspecified atom stereocenters. The van der Waals surface area contributed by atoms with Crippen LogP contribution in [0.3, 0.4) is 0 Å². The number of carbonyl (C=O) groups excluding carboxylic acids is 5. The molecule has 2 saturated heterocycles. The molecule has 2 fully saturated rings. The molecule has 2 heterocycles. The van der Waals surface area contributed by atoms with Gasteiger partial charge in [0.1, 0.15) is 0 Å². The maximum absolute atomic E-state index is 13.3. The number of rotatable bonds is 6. The largest absolute Gasteiger partial charge is 0.465 e. The van der Waals surface area contributed by atoms with Crippen molar-refractivity contribution >= 4 is 64.2 Å². The number of methoxy groups -OCH3 is 2. The first-order valence-corrected chi connectivity index (χ1v) is 12.0. The SMILES string of the molecule is COC(=O)c1cc(NC(=O)C2CC(=O)NC3NC(Nc4cc(Cl)cc(Cl)c4)NC(=O)C32)cc(C(=O)OC)c1. The van der Waals surface area contributed by atoms with Crippen molar-refractivity contribution in [2.45, 2.75) is 18.9 Å². The highest BCUT2D eigenvalue weighted by molar-refractivity contribution is 6.35.